The zero-order valence-corrected chi connectivity index (χ0v) is 14.3. The van der Waals surface area contributed by atoms with Gasteiger partial charge in [0.25, 0.3) is 0 Å². The molecule has 120 valence electrons. The van der Waals surface area contributed by atoms with Crippen molar-refractivity contribution < 1.29 is 9.53 Å². The molecule has 4 nitrogen and oxygen atoms in total. The van der Waals surface area contributed by atoms with E-state index in [4.69, 9.17) is 4.74 Å². The van der Waals surface area contributed by atoms with Crippen molar-refractivity contribution in [3.63, 3.8) is 0 Å². The van der Waals surface area contributed by atoms with E-state index in [-0.39, 0.29) is 5.97 Å². The van der Waals surface area contributed by atoms with E-state index in [9.17, 15) is 4.79 Å². The Labute approximate surface area is 125 Å². The van der Waals surface area contributed by atoms with E-state index in [2.05, 4.69) is 37.9 Å². The van der Waals surface area contributed by atoms with E-state index in [1.165, 1.54) is 7.11 Å². The molecule has 0 aromatic rings. The van der Waals surface area contributed by atoms with Crippen LogP contribution in [0.2, 0.25) is 0 Å². The van der Waals surface area contributed by atoms with Gasteiger partial charge in [-0.05, 0) is 59.2 Å². The summed E-state index contributed by atoms with van der Waals surface area (Å²) in [5, 5.41) is 3.37. The van der Waals surface area contributed by atoms with Crippen LogP contribution in [0.5, 0.6) is 0 Å². The van der Waals surface area contributed by atoms with Gasteiger partial charge in [0.15, 0.2) is 0 Å². The zero-order valence-electron chi connectivity index (χ0n) is 14.3. The second kappa shape index (κ2) is 10.2. The largest absolute Gasteiger partial charge is 0.468 e. The number of esters is 1. The monoisotopic (exact) mass is 286 g/mol. The molecule has 0 aliphatic carbocycles. The molecule has 0 aliphatic heterocycles. The van der Waals surface area contributed by atoms with Crippen LogP contribution >= 0.6 is 0 Å². The van der Waals surface area contributed by atoms with Crippen molar-refractivity contribution in [1.82, 2.24) is 10.2 Å². The average Bonchev–Trinajstić information content (AvgIpc) is 2.43. The number of nitrogens with one attached hydrogen (secondary N) is 1. The van der Waals surface area contributed by atoms with Crippen molar-refractivity contribution in [3.8, 4) is 0 Å². The minimum Gasteiger partial charge on any atom is -0.468 e. The molecule has 0 aromatic carbocycles. The highest BCUT2D eigenvalue weighted by Crippen LogP contribution is 2.19. The fraction of sp³-hybridized carbons (Fsp3) is 0.938. The fourth-order valence-electron chi connectivity index (χ4n) is 2.70. The maximum Gasteiger partial charge on any atom is 0.325 e. The molecule has 0 radical (unpaired) electrons. The van der Waals surface area contributed by atoms with Crippen molar-refractivity contribution in [2.24, 2.45) is 0 Å². The third-order valence-electron chi connectivity index (χ3n) is 3.75. The summed E-state index contributed by atoms with van der Waals surface area (Å²) in [6.07, 6.45) is 4.07. The maximum absolute atomic E-state index is 12.1. The lowest BCUT2D eigenvalue weighted by molar-refractivity contribution is -0.148. The molecule has 2 unspecified atom stereocenters. The lowest BCUT2D eigenvalue weighted by Gasteiger charge is -2.36. The van der Waals surface area contributed by atoms with Crippen LogP contribution in [0.15, 0.2) is 0 Å². The number of carbonyl (C=O) groups excluding carboxylic acids is 1. The summed E-state index contributed by atoms with van der Waals surface area (Å²) in [5.41, 5.74) is -0.593. The van der Waals surface area contributed by atoms with Crippen LogP contribution in [0.4, 0.5) is 0 Å². The number of methoxy groups -OCH3 is 1. The van der Waals surface area contributed by atoms with E-state index in [1.807, 2.05) is 6.92 Å². The standard InChI is InChI=1S/C16H34N2O2/c1-7-10-17-16(5,15(19)20-6)13-14(4)18(11-8-2)12-9-3/h14,17H,7-13H2,1-6H3. The van der Waals surface area contributed by atoms with Crippen molar-refractivity contribution in [2.45, 2.75) is 71.9 Å². The Morgan fingerprint density at radius 1 is 1.20 bits per heavy atom. The van der Waals surface area contributed by atoms with Gasteiger partial charge in [-0.2, -0.15) is 0 Å². The first-order chi connectivity index (χ1) is 9.45. The van der Waals surface area contributed by atoms with Gasteiger partial charge in [0, 0.05) is 6.04 Å². The molecule has 20 heavy (non-hydrogen) atoms. The second-order valence-corrected chi connectivity index (χ2v) is 5.84. The van der Waals surface area contributed by atoms with Crippen molar-refractivity contribution in [1.29, 1.82) is 0 Å². The number of carbonyl (C=O) groups is 1. The Kier molecular flexibility index (Phi) is 9.86. The molecule has 0 amide bonds. The molecule has 2 atom stereocenters. The van der Waals surface area contributed by atoms with E-state index in [1.54, 1.807) is 0 Å². The van der Waals surface area contributed by atoms with Crippen LogP contribution in [0.25, 0.3) is 0 Å². The van der Waals surface area contributed by atoms with Gasteiger partial charge in [0.05, 0.1) is 7.11 Å². The smallest absolute Gasteiger partial charge is 0.325 e. The summed E-state index contributed by atoms with van der Waals surface area (Å²) in [7, 11) is 1.47. The summed E-state index contributed by atoms with van der Waals surface area (Å²) < 4.78 is 4.99. The Balaban J connectivity index is 4.80. The topological polar surface area (TPSA) is 41.6 Å². The quantitative estimate of drug-likeness (QED) is 0.593. The van der Waals surface area contributed by atoms with E-state index in [0.29, 0.717) is 6.04 Å². The molecule has 0 saturated carbocycles. The van der Waals surface area contributed by atoms with Crippen LogP contribution < -0.4 is 5.32 Å². The SMILES string of the molecule is CCCNC(C)(CC(C)N(CCC)CCC)C(=O)OC. The van der Waals surface area contributed by atoms with Gasteiger partial charge in [0.2, 0.25) is 0 Å². The number of hydrogen-bond acceptors (Lipinski definition) is 4. The molecule has 0 bridgehead atoms. The van der Waals surface area contributed by atoms with Gasteiger partial charge < -0.3 is 15.0 Å². The van der Waals surface area contributed by atoms with Crippen LogP contribution in [-0.2, 0) is 9.53 Å². The first-order valence-electron chi connectivity index (χ1n) is 8.02. The first kappa shape index (κ1) is 19.4. The molecule has 0 spiro atoms. The molecule has 0 saturated heterocycles. The molecule has 4 heteroatoms. The van der Waals surface area contributed by atoms with Gasteiger partial charge in [-0.3, -0.25) is 4.79 Å². The summed E-state index contributed by atoms with van der Waals surface area (Å²) in [6, 6.07) is 0.364. The third-order valence-corrected chi connectivity index (χ3v) is 3.75. The van der Waals surface area contributed by atoms with E-state index >= 15 is 0 Å². The van der Waals surface area contributed by atoms with E-state index in [0.717, 1.165) is 45.3 Å². The molecule has 0 heterocycles. The van der Waals surface area contributed by atoms with Crippen LogP contribution in [0, 0.1) is 0 Å². The molecule has 1 N–H and O–H groups in total. The maximum atomic E-state index is 12.1. The first-order valence-corrected chi connectivity index (χ1v) is 8.02. The summed E-state index contributed by atoms with van der Waals surface area (Å²) in [5.74, 6) is -0.161. The highest BCUT2D eigenvalue weighted by Gasteiger charge is 2.36. The van der Waals surface area contributed by atoms with Gasteiger partial charge >= 0.3 is 5.97 Å². The highest BCUT2D eigenvalue weighted by molar-refractivity contribution is 5.80. The Bertz CT molecular complexity index is 265. The zero-order chi connectivity index (χ0) is 15.6. The number of nitrogens with zero attached hydrogens (tertiary/aromatic N) is 1. The summed E-state index contributed by atoms with van der Waals surface area (Å²) in [6.45, 7) is 13.7. The van der Waals surface area contributed by atoms with Gasteiger partial charge in [0.1, 0.15) is 5.54 Å². The molecule has 0 rings (SSSR count). The lowest BCUT2D eigenvalue weighted by Crippen LogP contribution is -2.54. The number of ether oxygens (including phenoxy) is 1. The van der Waals surface area contributed by atoms with Gasteiger partial charge in [-0.15, -0.1) is 0 Å². The Morgan fingerprint density at radius 2 is 1.75 bits per heavy atom. The van der Waals surface area contributed by atoms with Crippen LogP contribution in [0.1, 0.15) is 60.3 Å². The van der Waals surface area contributed by atoms with Gasteiger partial charge in [-0.1, -0.05) is 20.8 Å². The average molecular weight is 286 g/mol. The Morgan fingerprint density at radius 3 is 2.15 bits per heavy atom. The van der Waals surface area contributed by atoms with Crippen LogP contribution in [0.3, 0.4) is 0 Å². The molecular weight excluding hydrogens is 252 g/mol. The molecule has 0 fully saturated rings. The Hall–Kier alpha value is -0.610. The fourth-order valence-corrected chi connectivity index (χ4v) is 2.70. The predicted molar refractivity (Wildman–Crippen MR) is 84.9 cm³/mol. The van der Waals surface area contributed by atoms with Crippen molar-refractivity contribution in [2.75, 3.05) is 26.7 Å². The molecule has 0 aromatic heterocycles. The minimum atomic E-state index is -0.593. The van der Waals surface area contributed by atoms with Gasteiger partial charge in [-0.25, -0.2) is 0 Å². The number of hydrogen-bond donors (Lipinski definition) is 1. The predicted octanol–water partition coefficient (Wildman–Crippen LogP) is 2.82. The summed E-state index contributed by atoms with van der Waals surface area (Å²) >= 11 is 0. The van der Waals surface area contributed by atoms with E-state index < -0.39 is 5.54 Å². The highest BCUT2D eigenvalue weighted by atomic mass is 16.5. The summed E-state index contributed by atoms with van der Waals surface area (Å²) in [4.78, 5) is 14.6. The normalized spacial score (nSPS) is 15.9. The van der Waals surface area contributed by atoms with Crippen LogP contribution in [-0.4, -0.2) is 49.2 Å². The molecular formula is C16H34N2O2. The third kappa shape index (κ3) is 6.23. The minimum absolute atomic E-state index is 0.161. The van der Waals surface area contributed by atoms with Crippen molar-refractivity contribution in [3.05, 3.63) is 0 Å². The lowest BCUT2D eigenvalue weighted by atomic mass is 9.92. The second-order valence-electron chi connectivity index (χ2n) is 5.84. The molecule has 0 aliphatic rings. The number of rotatable bonds is 11. The van der Waals surface area contributed by atoms with Crippen molar-refractivity contribution >= 4 is 5.97 Å².